The van der Waals surface area contributed by atoms with Crippen LogP contribution >= 0.6 is 11.8 Å². The van der Waals surface area contributed by atoms with Gasteiger partial charge in [0.1, 0.15) is 19.0 Å². The third-order valence-corrected chi connectivity index (χ3v) is 2.73. The molecule has 0 saturated heterocycles. The normalized spacial score (nSPS) is 11.0. The third-order valence-electron chi connectivity index (χ3n) is 1.99. The summed E-state index contributed by atoms with van der Waals surface area (Å²) in [7, 11) is 0. The molecule has 1 aromatic carbocycles. The van der Waals surface area contributed by atoms with Gasteiger partial charge in [0, 0.05) is 10.5 Å². The van der Waals surface area contributed by atoms with E-state index < -0.39 is 11.5 Å². The lowest BCUT2D eigenvalue weighted by Crippen LogP contribution is -2.12. The first kappa shape index (κ1) is 16.4. The Balaban J connectivity index is 2.35. The smallest absolute Gasteiger partial charge is 0.446 e. The number of halogens is 3. The summed E-state index contributed by atoms with van der Waals surface area (Å²) in [6, 6.07) is 5.48. The number of esters is 1. The molecule has 0 bridgehead atoms. The predicted molar refractivity (Wildman–Crippen MR) is 69.6 cm³/mol. The molecule has 0 spiro atoms. The number of ether oxygens (including phenoxy) is 2. The van der Waals surface area contributed by atoms with Crippen LogP contribution in [-0.4, -0.2) is 24.7 Å². The zero-order valence-corrected chi connectivity index (χ0v) is 11.5. The van der Waals surface area contributed by atoms with Crippen molar-refractivity contribution in [2.45, 2.75) is 17.3 Å². The number of hydrogen-bond donors (Lipinski definition) is 0. The Labute approximate surface area is 118 Å². The average molecular weight is 306 g/mol. The van der Waals surface area contributed by atoms with Gasteiger partial charge in [-0.05, 0) is 43.0 Å². The van der Waals surface area contributed by atoms with E-state index in [-0.39, 0.29) is 29.9 Å². The Hall–Kier alpha value is -1.63. The van der Waals surface area contributed by atoms with E-state index in [1.807, 2.05) is 0 Å². The zero-order chi connectivity index (χ0) is 15.2. The van der Waals surface area contributed by atoms with E-state index >= 15 is 0 Å². The molecular formula is C13H13F3O3S. The molecule has 0 amide bonds. The molecule has 0 aromatic heterocycles. The summed E-state index contributed by atoms with van der Waals surface area (Å²) in [4.78, 5) is 11.1. The molecule has 0 radical (unpaired) electrons. The molecule has 0 aliphatic rings. The molecule has 0 saturated carbocycles. The summed E-state index contributed by atoms with van der Waals surface area (Å²) in [5.74, 6) is -0.103. The SMILES string of the molecule is C=C(C)C(=O)OCCOc1ccc(SC(F)(F)F)cc1. The van der Waals surface area contributed by atoms with Gasteiger partial charge < -0.3 is 9.47 Å². The first-order chi connectivity index (χ1) is 9.28. The second kappa shape index (κ2) is 7.23. The van der Waals surface area contributed by atoms with E-state index in [0.717, 1.165) is 0 Å². The van der Waals surface area contributed by atoms with Crippen molar-refractivity contribution < 1.29 is 27.4 Å². The summed E-state index contributed by atoms with van der Waals surface area (Å²) in [6.45, 7) is 5.11. The lowest BCUT2D eigenvalue weighted by molar-refractivity contribution is -0.139. The van der Waals surface area contributed by atoms with Gasteiger partial charge in [-0.15, -0.1) is 0 Å². The van der Waals surface area contributed by atoms with Crippen LogP contribution in [0.15, 0.2) is 41.3 Å². The van der Waals surface area contributed by atoms with Crippen molar-refractivity contribution in [3.8, 4) is 5.75 Å². The Morgan fingerprint density at radius 2 is 1.85 bits per heavy atom. The summed E-state index contributed by atoms with van der Waals surface area (Å²) in [6.07, 6.45) is 0. The first-order valence-corrected chi connectivity index (χ1v) is 6.41. The monoisotopic (exact) mass is 306 g/mol. The third kappa shape index (κ3) is 6.51. The Morgan fingerprint density at radius 3 is 2.35 bits per heavy atom. The van der Waals surface area contributed by atoms with E-state index in [1.165, 1.54) is 31.2 Å². The van der Waals surface area contributed by atoms with Crippen LogP contribution in [0.2, 0.25) is 0 Å². The number of carbonyl (C=O) groups excluding carboxylic acids is 1. The standard InChI is InChI=1S/C13H13F3O3S/c1-9(2)12(17)19-8-7-18-10-3-5-11(6-4-10)20-13(14,15)16/h3-6H,1,7-8H2,2H3. The van der Waals surface area contributed by atoms with Crippen molar-refractivity contribution in [2.24, 2.45) is 0 Å². The van der Waals surface area contributed by atoms with Gasteiger partial charge in [0.05, 0.1) is 0 Å². The molecular weight excluding hydrogens is 293 g/mol. The molecule has 110 valence electrons. The van der Waals surface area contributed by atoms with Gasteiger partial charge in [-0.1, -0.05) is 6.58 Å². The van der Waals surface area contributed by atoms with Crippen LogP contribution in [-0.2, 0) is 9.53 Å². The minimum atomic E-state index is -4.31. The molecule has 7 heteroatoms. The first-order valence-electron chi connectivity index (χ1n) is 5.59. The molecule has 0 atom stereocenters. The molecule has 20 heavy (non-hydrogen) atoms. The topological polar surface area (TPSA) is 35.5 Å². The summed E-state index contributed by atoms with van der Waals surface area (Å²) in [5.41, 5.74) is -4.02. The summed E-state index contributed by atoms with van der Waals surface area (Å²) < 4.78 is 46.3. The minimum Gasteiger partial charge on any atom is -0.490 e. The summed E-state index contributed by atoms with van der Waals surface area (Å²) in [5, 5.41) is 0. The lowest BCUT2D eigenvalue weighted by Gasteiger charge is -2.09. The minimum absolute atomic E-state index is 0.0464. The van der Waals surface area contributed by atoms with Crippen LogP contribution in [0.25, 0.3) is 0 Å². The highest BCUT2D eigenvalue weighted by Crippen LogP contribution is 2.37. The molecule has 1 aromatic rings. The Bertz CT molecular complexity index is 469. The second-order valence-electron chi connectivity index (χ2n) is 3.78. The number of thioether (sulfide) groups is 1. The van der Waals surface area contributed by atoms with Crippen LogP contribution in [0, 0.1) is 0 Å². The Kier molecular flexibility index (Phi) is 5.94. The fourth-order valence-electron chi connectivity index (χ4n) is 1.15. The van der Waals surface area contributed by atoms with Crippen molar-refractivity contribution in [2.75, 3.05) is 13.2 Å². The maximum Gasteiger partial charge on any atom is 0.446 e. The molecule has 3 nitrogen and oxygen atoms in total. The van der Waals surface area contributed by atoms with E-state index in [9.17, 15) is 18.0 Å². The fourth-order valence-corrected chi connectivity index (χ4v) is 1.69. The summed E-state index contributed by atoms with van der Waals surface area (Å²) >= 11 is -0.190. The van der Waals surface area contributed by atoms with Crippen molar-refractivity contribution in [1.29, 1.82) is 0 Å². The molecule has 0 unspecified atom stereocenters. The van der Waals surface area contributed by atoms with Crippen LogP contribution in [0.1, 0.15) is 6.92 Å². The lowest BCUT2D eigenvalue weighted by atomic mass is 10.3. The van der Waals surface area contributed by atoms with E-state index in [0.29, 0.717) is 11.3 Å². The van der Waals surface area contributed by atoms with Crippen LogP contribution in [0.3, 0.4) is 0 Å². The average Bonchev–Trinajstić information content (AvgIpc) is 2.34. The highest BCUT2D eigenvalue weighted by Gasteiger charge is 2.28. The van der Waals surface area contributed by atoms with Gasteiger partial charge >= 0.3 is 11.5 Å². The van der Waals surface area contributed by atoms with Gasteiger partial charge in [0.2, 0.25) is 0 Å². The number of benzene rings is 1. The van der Waals surface area contributed by atoms with E-state index in [1.54, 1.807) is 0 Å². The van der Waals surface area contributed by atoms with E-state index in [4.69, 9.17) is 9.47 Å². The predicted octanol–water partition coefficient (Wildman–Crippen LogP) is 3.80. The molecule has 0 aliphatic heterocycles. The van der Waals surface area contributed by atoms with Gasteiger partial charge in [-0.2, -0.15) is 13.2 Å². The Morgan fingerprint density at radius 1 is 1.25 bits per heavy atom. The van der Waals surface area contributed by atoms with Crippen LogP contribution in [0.4, 0.5) is 13.2 Å². The van der Waals surface area contributed by atoms with Crippen molar-refractivity contribution >= 4 is 17.7 Å². The number of rotatable bonds is 6. The highest BCUT2D eigenvalue weighted by atomic mass is 32.2. The van der Waals surface area contributed by atoms with Gasteiger partial charge in [-0.3, -0.25) is 0 Å². The maximum atomic E-state index is 12.1. The zero-order valence-electron chi connectivity index (χ0n) is 10.7. The number of carbonyl (C=O) groups is 1. The number of hydrogen-bond acceptors (Lipinski definition) is 4. The van der Waals surface area contributed by atoms with Crippen molar-refractivity contribution in [3.05, 3.63) is 36.4 Å². The van der Waals surface area contributed by atoms with Crippen molar-refractivity contribution in [3.63, 3.8) is 0 Å². The molecule has 0 aliphatic carbocycles. The van der Waals surface area contributed by atoms with Crippen LogP contribution in [0.5, 0.6) is 5.75 Å². The highest BCUT2D eigenvalue weighted by molar-refractivity contribution is 8.00. The maximum absolute atomic E-state index is 12.1. The second-order valence-corrected chi connectivity index (χ2v) is 4.92. The largest absolute Gasteiger partial charge is 0.490 e. The van der Waals surface area contributed by atoms with Crippen LogP contribution < -0.4 is 4.74 Å². The molecule has 1 rings (SSSR count). The van der Waals surface area contributed by atoms with Gasteiger partial charge in [0.15, 0.2) is 0 Å². The molecule has 0 N–H and O–H groups in total. The van der Waals surface area contributed by atoms with Gasteiger partial charge in [0.25, 0.3) is 0 Å². The quantitative estimate of drug-likeness (QED) is 0.347. The molecule has 0 heterocycles. The molecule has 0 fully saturated rings. The van der Waals surface area contributed by atoms with E-state index in [2.05, 4.69) is 6.58 Å². The number of alkyl halides is 3. The van der Waals surface area contributed by atoms with Gasteiger partial charge in [-0.25, -0.2) is 4.79 Å². The van der Waals surface area contributed by atoms with Crippen molar-refractivity contribution in [1.82, 2.24) is 0 Å². The fraction of sp³-hybridized carbons (Fsp3) is 0.308.